The molecule has 1 fully saturated rings. The Hall–Kier alpha value is -3.25. The number of amides is 1. The molecule has 3 aromatic rings. The average molecular weight is 601 g/mol. The van der Waals surface area contributed by atoms with Gasteiger partial charge in [0.25, 0.3) is 0 Å². The number of sulfonamides is 1. The monoisotopic (exact) mass is 600 g/mol. The van der Waals surface area contributed by atoms with Gasteiger partial charge in [-0.1, -0.05) is 54.6 Å². The topological polar surface area (TPSA) is 81.8 Å². The first-order chi connectivity index (χ1) is 20.0. The molecule has 224 valence electrons. The van der Waals surface area contributed by atoms with Crippen LogP contribution in [0.1, 0.15) is 52.7 Å². The number of aryl methyl sites for hydroxylation is 1. The van der Waals surface area contributed by atoms with Crippen molar-refractivity contribution in [1.29, 1.82) is 0 Å². The smallest absolute Gasteiger partial charge is 0.349 e. The molecule has 0 saturated carbocycles. The van der Waals surface area contributed by atoms with E-state index in [1.807, 2.05) is 0 Å². The number of piperazine rings is 1. The van der Waals surface area contributed by atoms with Gasteiger partial charge in [0.15, 0.2) is 0 Å². The van der Waals surface area contributed by atoms with Crippen molar-refractivity contribution in [2.24, 2.45) is 0 Å². The van der Waals surface area contributed by atoms with Gasteiger partial charge in [0.1, 0.15) is 0 Å². The fourth-order valence-corrected chi connectivity index (χ4v) is 6.90. The van der Waals surface area contributed by atoms with Crippen LogP contribution in [0.25, 0.3) is 0 Å². The maximum atomic E-state index is 13.3. The number of carbonyl (C=O) groups is 1. The lowest BCUT2D eigenvalue weighted by Gasteiger charge is -2.32. The molecule has 1 amide bonds. The third-order valence-electron chi connectivity index (χ3n) is 7.98. The van der Waals surface area contributed by atoms with Gasteiger partial charge in [0, 0.05) is 39.1 Å². The first-order valence-corrected chi connectivity index (χ1v) is 15.5. The van der Waals surface area contributed by atoms with E-state index in [-0.39, 0.29) is 18.4 Å². The summed E-state index contributed by atoms with van der Waals surface area (Å²) in [5.74, 6) is -0.352. The molecule has 7 nitrogen and oxygen atoms in total. The highest BCUT2D eigenvalue weighted by Gasteiger charge is 2.33. The fraction of sp³-hybridized carbons (Fsp3) is 0.387. The van der Waals surface area contributed by atoms with Crippen molar-refractivity contribution in [1.82, 2.24) is 19.8 Å². The molecule has 2 atom stereocenters. The van der Waals surface area contributed by atoms with E-state index in [9.17, 15) is 26.4 Å². The molecule has 42 heavy (non-hydrogen) atoms. The number of carbonyl (C=O) groups excluding carboxylic acids is 1. The zero-order chi connectivity index (χ0) is 29.9. The summed E-state index contributed by atoms with van der Waals surface area (Å²) < 4.78 is 68.5. The summed E-state index contributed by atoms with van der Waals surface area (Å²) in [6.07, 6.45) is -3.32. The normalized spacial score (nSPS) is 18.9. The molecule has 3 aromatic carbocycles. The lowest BCUT2D eigenvalue weighted by Crippen LogP contribution is -2.43. The highest BCUT2D eigenvalue weighted by Crippen LogP contribution is 2.33. The zero-order valence-electron chi connectivity index (χ0n) is 23.4. The SMILES string of the molecule is CN1CCN(Cc2ccc3c(c2)CC[C@H]3NC(=O)CC(NS(=O)(=O)c2cccc(C(F)(F)F)c2)c2ccccc2)CC1. The molecule has 0 aromatic heterocycles. The van der Waals surface area contributed by atoms with E-state index in [1.165, 1.54) is 11.1 Å². The standard InChI is InChI=1S/C31H35F3N4O3S/c1-37-14-16-38(17-15-37)21-22-10-12-27-24(18-22)11-13-28(27)35-30(39)20-29(23-6-3-2-4-7-23)36-42(40,41)26-9-5-8-25(19-26)31(32,33)34/h2-10,12,18-19,28-29,36H,11,13-17,20-21H2,1H3,(H,35,39)/t28-,29?/m1/s1. The lowest BCUT2D eigenvalue weighted by molar-refractivity contribution is -0.137. The molecule has 1 unspecified atom stereocenters. The van der Waals surface area contributed by atoms with Crippen molar-refractivity contribution in [3.63, 3.8) is 0 Å². The molecule has 0 radical (unpaired) electrons. The number of rotatable bonds is 9. The van der Waals surface area contributed by atoms with Gasteiger partial charge in [-0.3, -0.25) is 9.69 Å². The Morgan fingerprint density at radius 3 is 2.43 bits per heavy atom. The molecular weight excluding hydrogens is 565 g/mol. The third-order valence-corrected chi connectivity index (χ3v) is 9.45. The van der Waals surface area contributed by atoms with E-state index in [4.69, 9.17) is 0 Å². The predicted octanol–water partition coefficient (Wildman–Crippen LogP) is 4.67. The van der Waals surface area contributed by atoms with Crippen LogP contribution in [0.15, 0.2) is 77.7 Å². The number of alkyl halides is 3. The molecule has 2 aliphatic rings. The third kappa shape index (κ3) is 7.38. The first-order valence-electron chi connectivity index (χ1n) is 14.0. The van der Waals surface area contributed by atoms with E-state index in [2.05, 4.69) is 45.1 Å². The van der Waals surface area contributed by atoms with Crippen molar-refractivity contribution < 1.29 is 26.4 Å². The minimum Gasteiger partial charge on any atom is -0.349 e. The van der Waals surface area contributed by atoms with Gasteiger partial charge in [-0.25, -0.2) is 13.1 Å². The van der Waals surface area contributed by atoms with Crippen LogP contribution in [0.3, 0.4) is 0 Å². The van der Waals surface area contributed by atoms with Crippen LogP contribution >= 0.6 is 0 Å². The zero-order valence-corrected chi connectivity index (χ0v) is 24.2. The second-order valence-corrected chi connectivity index (χ2v) is 12.8. The number of fused-ring (bicyclic) bond motifs is 1. The first kappa shape index (κ1) is 30.2. The van der Waals surface area contributed by atoms with Crippen molar-refractivity contribution in [3.8, 4) is 0 Å². The van der Waals surface area contributed by atoms with E-state index in [0.29, 0.717) is 11.6 Å². The van der Waals surface area contributed by atoms with Crippen LogP contribution in [-0.4, -0.2) is 57.4 Å². The van der Waals surface area contributed by atoms with Gasteiger partial charge in [0.2, 0.25) is 15.9 Å². The minimum atomic E-state index is -4.69. The molecule has 0 spiro atoms. The largest absolute Gasteiger partial charge is 0.416 e. The van der Waals surface area contributed by atoms with E-state index in [1.54, 1.807) is 30.3 Å². The molecule has 5 rings (SSSR count). The minimum absolute atomic E-state index is 0.193. The van der Waals surface area contributed by atoms with Gasteiger partial charge in [0.05, 0.1) is 22.5 Å². The van der Waals surface area contributed by atoms with Crippen LogP contribution in [0, 0.1) is 0 Å². The summed E-state index contributed by atoms with van der Waals surface area (Å²) in [5.41, 5.74) is 2.98. The Bertz CT molecular complexity index is 1510. The highest BCUT2D eigenvalue weighted by atomic mass is 32.2. The van der Waals surface area contributed by atoms with E-state index < -0.39 is 32.7 Å². The van der Waals surface area contributed by atoms with Crippen LogP contribution < -0.4 is 10.0 Å². The molecule has 2 N–H and O–H groups in total. The van der Waals surface area contributed by atoms with Gasteiger partial charge in [-0.2, -0.15) is 13.2 Å². The quantitative estimate of drug-likeness (QED) is 0.373. The number of benzene rings is 3. The predicted molar refractivity (Wildman–Crippen MR) is 154 cm³/mol. The molecule has 0 bridgehead atoms. The Morgan fingerprint density at radius 1 is 0.976 bits per heavy atom. The molecule has 11 heteroatoms. The maximum Gasteiger partial charge on any atom is 0.416 e. The second kappa shape index (κ2) is 12.5. The molecular formula is C31H35F3N4O3S. The van der Waals surface area contributed by atoms with Crippen LogP contribution in [0.2, 0.25) is 0 Å². The number of nitrogens with one attached hydrogen (secondary N) is 2. The van der Waals surface area contributed by atoms with Crippen molar-refractivity contribution in [2.75, 3.05) is 33.2 Å². The summed E-state index contributed by atoms with van der Waals surface area (Å²) in [6.45, 7) is 5.07. The maximum absolute atomic E-state index is 13.3. The number of halogens is 3. The molecule has 1 aliphatic heterocycles. The van der Waals surface area contributed by atoms with Gasteiger partial charge in [-0.05, 0) is 60.3 Å². The summed E-state index contributed by atoms with van der Waals surface area (Å²) in [6, 6.07) is 17.3. The van der Waals surface area contributed by atoms with Gasteiger partial charge in [-0.15, -0.1) is 0 Å². The van der Waals surface area contributed by atoms with Crippen LogP contribution in [0.4, 0.5) is 13.2 Å². The lowest BCUT2D eigenvalue weighted by atomic mass is 10.0. The second-order valence-electron chi connectivity index (χ2n) is 11.1. The van der Waals surface area contributed by atoms with Crippen molar-refractivity contribution >= 4 is 15.9 Å². The van der Waals surface area contributed by atoms with Gasteiger partial charge < -0.3 is 10.2 Å². The fourth-order valence-electron chi connectivity index (χ4n) is 5.63. The van der Waals surface area contributed by atoms with E-state index in [0.717, 1.165) is 69.3 Å². The summed E-state index contributed by atoms with van der Waals surface area (Å²) in [5, 5.41) is 3.06. The number of hydrogen-bond acceptors (Lipinski definition) is 5. The summed E-state index contributed by atoms with van der Waals surface area (Å²) in [4.78, 5) is 17.5. The summed E-state index contributed by atoms with van der Waals surface area (Å²) >= 11 is 0. The Labute approximate surface area is 244 Å². The number of likely N-dealkylation sites (N-methyl/N-ethyl adjacent to an activating group) is 1. The average Bonchev–Trinajstić information content (AvgIpc) is 3.35. The Morgan fingerprint density at radius 2 is 1.71 bits per heavy atom. The number of hydrogen-bond donors (Lipinski definition) is 2. The Balaban J connectivity index is 1.27. The highest BCUT2D eigenvalue weighted by molar-refractivity contribution is 7.89. The molecule has 1 heterocycles. The van der Waals surface area contributed by atoms with Crippen LogP contribution in [0.5, 0.6) is 0 Å². The summed E-state index contributed by atoms with van der Waals surface area (Å²) in [7, 11) is -2.24. The Kier molecular flexibility index (Phi) is 9.03. The molecule has 1 aliphatic carbocycles. The van der Waals surface area contributed by atoms with Gasteiger partial charge >= 0.3 is 6.18 Å². The number of nitrogens with zero attached hydrogens (tertiary/aromatic N) is 2. The van der Waals surface area contributed by atoms with Crippen molar-refractivity contribution in [3.05, 3.63) is 101 Å². The molecule has 1 saturated heterocycles. The van der Waals surface area contributed by atoms with Crippen molar-refractivity contribution in [2.45, 2.75) is 49.0 Å². The van der Waals surface area contributed by atoms with Crippen LogP contribution in [-0.2, 0) is 34.0 Å². The van der Waals surface area contributed by atoms with E-state index >= 15 is 0 Å².